The molecule has 0 aliphatic heterocycles. The quantitative estimate of drug-likeness (QED) is 0.907. The van der Waals surface area contributed by atoms with Crippen molar-refractivity contribution in [2.45, 2.75) is 27.0 Å². The first kappa shape index (κ1) is 14.4. The van der Waals surface area contributed by atoms with E-state index < -0.39 is 0 Å². The molecule has 106 valence electrons. The number of hydrogen-bond acceptors (Lipinski definition) is 3. The zero-order valence-electron chi connectivity index (χ0n) is 12.3. The zero-order chi connectivity index (χ0) is 14.5. The number of aryl methyl sites for hydroxylation is 2. The van der Waals surface area contributed by atoms with E-state index in [2.05, 4.69) is 32.0 Å². The van der Waals surface area contributed by atoms with Crippen molar-refractivity contribution < 1.29 is 9.47 Å². The van der Waals surface area contributed by atoms with Gasteiger partial charge in [-0.1, -0.05) is 24.3 Å². The number of methoxy groups -OCH3 is 1. The van der Waals surface area contributed by atoms with Crippen molar-refractivity contribution >= 4 is 0 Å². The molecule has 2 aromatic carbocycles. The molecule has 0 heterocycles. The van der Waals surface area contributed by atoms with E-state index in [1.54, 1.807) is 7.11 Å². The van der Waals surface area contributed by atoms with Crippen LogP contribution in [0, 0.1) is 13.8 Å². The molecule has 0 amide bonds. The zero-order valence-corrected chi connectivity index (χ0v) is 12.3. The summed E-state index contributed by atoms with van der Waals surface area (Å²) in [6.45, 7) is 5.23. The minimum atomic E-state index is 0.494. The molecule has 0 saturated carbocycles. The van der Waals surface area contributed by atoms with Crippen molar-refractivity contribution in [1.29, 1.82) is 0 Å². The van der Waals surface area contributed by atoms with E-state index in [1.165, 1.54) is 11.1 Å². The van der Waals surface area contributed by atoms with Crippen LogP contribution in [0.25, 0.3) is 0 Å². The molecule has 0 saturated heterocycles. The van der Waals surface area contributed by atoms with Gasteiger partial charge in [0, 0.05) is 6.54 Å². The average Bonchev–Trinajstić information content (AvgIpc) is 2.48. The molecule has 0 aromatic heterocycles. The van der Waals surface area contributed by atoms with Gasteiger partial charge >= 0.3 is 0 Å². The molecule has 0 aliphatic carbocycles. The fourth-order valence-electron chi connectivity index (χ4n) is 2.01. The van der Waals surface area contributed by atoms with Crippen LogP contribution in [0.1, 0.15) is 22.3 Å². The molecule has 0 atom stereocenters. The Morgan fingerprint density at radius 2 is 1.65 bits per heavy atom. The normalized spacial score (nSPS) is 10.4. The molecule has 2 aromatic rings. The molecule has 0 spiro atoms. The maximum Gasteiger partial charge on any atom is 0.161 e. The van der Waals surface area contributed by atoms with Crippen molar-refractivity contribution in [3.63, 3.8) is 0 Å². The SMILES string of the molecule is COc1cc(CN)ccc1OCc1ccc(C)c(C)c1. The van der Waals surface area contributed by atoms with Crippen LogP contribution in [0.5, 0.6) is 11.5 Å². The lowest BCUT2D eigenvalue weighted by Crippen LogP contribution is -2.01. The summed E-state index contributed by atoms with van der Waals surface area (Å²) in [6.07, 6.45) is 0. The van der Waals surface area contributed by atoms with Crippen LogP contribution in [0.4, 0.5) is 0 Å². The lowest BCUT2D eigenvalue weighted by Gasteiger charge is -2.12. The van der Waals surface area contributed by atoms with Gasteiger partial charge in [0.1, 0.15) is 6.61 Å². The Morgan fingerprint density at radius 1 is 0.900 bits per heavy atom. The molecule has 2 rings (SSSR count). The Morgan fingerprint density at radius 3 is 2.30 bits per heavy atom. The topological polar surface area (TPSA) is 44.5 Å². The number of benzene rings is 2. The predicted molar refractivity (Wildman–Crippen MR) is 81.1 cm³/mol. The van der Waals surface area contributed by atoms with Gasteiger partial charge in [-0.2, -0.15) is 0 Å². The van der Waals surface area contributed by atoms with Crippen LogP contribution in [-0.4, -0.2) is 7.11 Å². The van der Waals surface area contributed by atoms with Crippen molar-refractivity contribution in [3.05, 3.63) is 58.7 Å². The third-order valence-electron chi connectivity index (χ3n) is 3.43. The minimum Gasteiger partial charge on any atom is -0.493 e. The van der Waals surface area contributed by atoms with Crippen molar-refractivity contribution in [3.8, 4) is 11.5 Å². The minimum absolute atomic E-state index is 0.494. The highest BCUT2D eigenvalue weighted by atomic mass is 16.5. The molecular weight excluding hydrogens is 250 g/mol. The monoisotopic (exact) mass is 271 g/mol. The largest absolute Gasteiger partial charge is 0.493 e. The second-order valence-electron chi connectivity index (χ2n) is 4.90. The molecule has 0 fully saturated rings. The predicted octanol–water partition coefficient (Wildman–Crippen LogP) is 3.35. The molecule has 0 aliphatic rings. The maximum absolute atomic E-state index is 5.84. The van der Waals surface area contributed by atoms with E-state index in [-0.39, 0.29) is 0 Å². The Labute approximate surface area is 120 Å². The van der Waals surface area contributed by atoms with Crippen LogP contribution in [0.15, 0.2) is 36.4 Å². The first-order valence-corrected chi connectivity index (χ1v) is 6.70. The van der Waals surface area contributed by atoms with Crippen molar-refractivity contribution in [2.24, 2.45) is 5.73 Å². The Kier molecular flexibility index (Phi) is 4.64. The van der Waals surface area contributed by atoms with Crippen LogP contribution in [-0.2, 0) is 13.2 Å². The van der Waals surface area contributed by atoms with Crippen LogP contribution in [0.2, 0.25) is 0 Å². The highest BCUT2D eigenvalue weighted by Gasteiger charge is 2.06. The smallest absolute Gasteiger partial charge is 0.161 e. The van der Waals surface area contributed by atoms with Crippen LogP contribution < -0.4 is 15.2 Å². The number of ether oxygens (including phenoxy) is 2. The first-order valence-electron chi connectivity index (χ1n) is 6.70. The van der Waals surface area contributed by atoms with E-state index in [4.69, 9.17) is 15.2 Å². The lowest BCUT2D eigenvalue weighted by molar-refractivity contribution is 0.284. The standard InChI is InChI=1S/C17H21NO2/c1-12-4-5-15(8-13(12)2)11-20-16-7-6-14(10-18)9-17(16)19-3/h4-9H,10-11,18H2,1-3H3. The average molecular weight is 271 g/mol. The van der Waals surface area contributed by atoms with E-state index in [1.807, 2.05) is 18.2 Å². The highest BCUT2D eigenvalue weighted by Crippen LogP contribution is 2.28. The van der Waals surface area contributed by atoms with Crippen molar-refractivity contribution in [2.75, 3.05) is 7.11 Å². The van der Waals surface area contributed by atoms with Crippen LogP contribution in [0.3, 0.4) is 0 Å². The third kappa shape index (κ3) is 3.31. The second-order valence-corrected chi connectivity index (χ2v) is 4.90. The molecular formula is C17H21NO2. The van der Waals surface area contributed by atoms with Gasteiger partial charge in [0.25, 0.3) is 0 Å². The summed E-state index contributed by atoms with van der Waals surface area (Å²) in [5, 5.41) is 0. The van der Waals surface area contributed by atoms with Crippen molar-refractivity contribution in [1.82, 2.24) is 0 Å². The van der Waals surface area contributed by atoms with Gasteiger partial charge in [-0.15, -0.1) is 0 Å². The molecule has 0 radical (unpaired) electrons. The third-order valence-corrected chi connectivity index (χ3v) is 3.43. The summed E-state index contributed by atoms with van der Waals surface area (Å²) in [5.74, 6) is 1.46. The van der Waals surface area contributed by atoms with Crippen LogP contribution >= 0.6 is 0 Å². The number of hydrogen-bond donors (Lipinski definition) is 1. The molecule has 3 nitrogen and oxygen atoms in total. The first-order chi connectivity index (χ1) is 9.63. The Hall–Kier alpha value is -2.00. The van der Waals surface area contributed by atoms with Gasteiger partial charge in [0.2, 0.25) is 0 Å². The second kappa shape index (κ2) is 6.44. The maximum atomic E-state index is 5.84. The van der Waals surface area contributed by atoms with Gasteiger partial charge in [-0.05, 0) is 48.2 Å². The Balaban J connectivity index is 2.12. The summed E-state index contributed by atoms with van der Waals surface area (Å²) >= 11 is 0. The van der Waals surface area contributed by atoms with Gasteiger partial charge in [0.15, 0.2) is 11.5 Å². The molecule has 0 bridgehead atoms. The number of rotatable bonds is 5. The molecule has 0 unspecified atom stereocenters. The fraction of sp³-hybridized carbons (Fsp3) is 0.294. The van der Waals surface area contributed by atoms with E-state index >= 15 is 0 Å². The summed E-state index contributed by atoms with van der Waals surface area (Å²) in [6, 6.07) is 12.1. The van der Waals surface area contributed by atoms with E-state index in [0.717, 1.165) is 22.6 Å². The summed E-state index contributed by atoms with van der Waals surface area (Å²) in [4.78, 5) is 0. The lowest BCUT2D eigenvalue weighted by atomic mass is 10.1. The van der Waals surface area contributed by atoms with Gasteiger partial charge in [-0.3, -0.25) is 0 Å². The number of nitrogens with two attached hydrogens (primary N) is 1. The summed E-state index contributed by atoms with van der Waals surface area (Å²) in [5.41, 5.74) is 10.4. The Bertz CT molecular complexity index is 594. The fourth-order valence-corrected chi connectivity index (χ4v) is 2.01. The highest BCUT2D eigenvalue weighted by molar-refractivity contribution is 5.43. The summed E-state index contributed by atoms with van der Waals surface area (Å²) in [7, 11) is 1.64. The van der Waals surface area contributed by atoms with Gasteiger partial charge in [0.05, 0.1) is 7.11 Å². The van der Waals surface area contributed by atoms with E-state index in [0.29, 0.717) is 13.2 Å². The molecule has 3 heteroatoms. The van der Waals surface area contributed by atoms with Gasteiger partial charge < -0.3 is 15.2 Å². The molecule has 2 N–H and O–H groups in total. The van der Waals surface area contributed by atoms with E-state index in [9.17, 15) is 0 Å². The summed E-state index contributed by atoms with van der Waals surface area (Å²) < 4.78 is 11.2. The molecule has 20 heavy (non-hydrogen) atoms. The van der Waals surface area contributed by atoms with Gasteiger partial charge in [-0.25, -0.2) is 0 Å².